The van der Waals surface area contributed by atoms with Crippen LogP contribution in [0.1, 0.15) is 25.6 Å². The molecule has 1 aromatic heterocycles. The second kappa shape index (κ2) is 5.59. The monoisotopic (exact) mass is 236 g/mol. The first-order chi connectivity index (χ1) is 6.72. The van der Waals surface area contributed by atoms with Crippen LogP contribution in [0.5, 0.6) is 0 Å². The number of imidazole rings is 1. The zero-order valence-corrected chi connectivity index (χ0v) is 11.9. The van der Waals surface area contributed by atoms with Gasteiger partial charge in [0.15, 0.2) is 0 Å². The molecule has 1 atom stereocenters. The summed E-state index contributed by atoms with van der Waals surface area (Å²) in [4.78, 5) is 4.11. The van der Waals surface area contributed by atoms with Crippen LogP contribution in [0.3, 0.4) is 0 Å². The van der Waals surface area contributed by atoms with E-state index in [1.807, 2.05) is 11.5 Å². The maximum absolute atomic E-state index is 10.9. The van der Waals surface area contributed by atoms with E-state index in [0.717, 1.165) is 18.8 Å². The van der Waals surface area contributed by atoms with Gasteiger partial charge in [-0.05, 0) is 29.8 Å². The van der Waals surface area contributed by atoms with E-state index in [1.165, 1.54) is 19.0 Å². The van der Waals surface area contributed by atoms with Crippen LogP contribution in [0.4, 0.5) is 0 Å². The van der Waals surface area contributed by atoms with Gasteiger partial charge >= 0.3 is 29.6 Å². The Morgan fingerprint density at radius 2 is 2.33 bits per heavy atom. The summed E-state index contributed by atoms with van der Waals surface area (Å²) in [5.41, 5.74) is 0. The summed E-state index contributed by atoms with van der Waals surface area (Å²) in [6.07, 6.45) is 4.66. The van der Waals surface area contributed by atoms with Crippen molar-refractivity contribution in [2.24, 2.45) is 5.92 Å². The third kappa shape index (κ3) is 3.14. The van der Waals surface area contributed by atoms with Gasteiger partial charge in [-0.25, -0.2) is 4.98 Å². The normalized spacial score (nSPS) is 17.2. The molecule has 0 N–H and O–H groups in total. The fourth-order valence-corrected chi connectivity index (χ4v) is 2.06. The summed E-state index contributed by atoms with van der Waals surface area (Å²) >= 11 is -2.16. The standard InChI is InChI=1S/C9H14N2O2S.Na/c1-2-8-10-5-9(14(12)13)11(8)6-7-3-4-7;/h5,7H,2-4,6H2,1H3,(H,12,13);/q;+1/p-1. The van der Waals surface area contributed by atoms with Crippen molar-refractivity contribution in [3.8, 4) is 0 Å². The molecule has 2 rings (SSSR count). The Labute approximate surface area is 114 Å². The molecule has 0 radical (unpaired) electrons. The van der Waals surface area contributed by atoms with Crippen molar-refractivity contribution >= 4 is 11.1 Å². The van der Waals surface area contributed by atoms with Gasteiger partial charge in [0.2, 0.25) is 0 Å². The second-order valence-electron chi connectivity index (χ2n) is 3.65. The van der Waals surface area contributed by atoms with E-state index in [2.05, 4.69) is 4.98 Å². The van der Waals surface area contributed by atoms with Gasteiger partial charge in [-0.15, -0.1) is 0 Å². The number of aryl methyl sites for hydroxylation is 1. The molecule has 1 unspecified atom stereocenters. The molecule has 0 amide bonds. The molecular formula is C9H13N2NaO2S. The van der Waals surface area contributed by atoms with E-state index in [4.69, 9.17) is 0 Å². The van der Waals surface area contributed by atoms with Crippen LogP contribution in [0.25, 0.3) is 0 Å². The molecule has 1 saturated carbocycles. The molecule has 0 spiro atoms. The van der Waals surface area contributed by atoms with E-state index in [0.29, 0.717) is 10.9 Å². The Morgan fingerprint density at radius 1 is 1.67 bits per heavy atom. The summed E-state index contributed by atoms with van der Waals surface area (Å²) < 4.78 is 23.6. The summed E-state index contributed by atoms with van der Waals surface area (Å²) in [6, 6.07) is 0. The van der Waals surface area contributed by atoms with Gasteiger partial charge in [0, 0.05) is 13.0 Å². The Morgan fingerprint density at radius 3 is 2.80 bits per heavy atom. The van der Waals surface area contributed by atoms with E-state index in [9.17, 15) is 8.76 Å². The summed E-state index contributed by atoms with van der Waals surface area (Å²) in [5, 5.41) is 0.328. The smallest absolute Gasteiger partial charge is 0.767 e. The molecule has 4 nitrogen and oxygen atoms in total. The molecule has 1 aliphatic carbocycles. The van der Waals surface area contributed by atoms with Crippen molar-refractivity contribution in [3.05, 3.63) is 12.0 Å². The third-order valence-electron chi connectivity index (χ3n) is 2.53. The van der Waals surface area contributed by atoms with E-state index < -0.39 is 11.1 Å². The van der Waals surface area contributed by atoms with Crippen LogP contribution in [0, 0.1) is 5.92 Å². The first-order valence-corrected chi connectivity index (χ1v) is 5.93. The topological polar surface area (TPSA) is 57.9 Å². The fourth-order valence-electron chi connectivity index (χ4n) is 1.57. The summed E-state index contributed by atoms with van der Waals surface area (Å²) in [6.45, 7) is 2.80. The van der Waals surface area contributed by atoms with Crippen LogP contribution in [-0.4, -0.2) is 18.3 Å². The maximum Gasteiger partial charge on any atom is 1.00 e. The van der Waals surface area contributed by atoms with Crippen LogP contribution in [-0.2, 0) is 24.0 Å². The maximum atomic E-state index is 10.9. The Kier molecular flexibility index (Phi) is 4.99. The predicted octanol–water partition coefficient (Wildman–Crippen LogP) is -1.90. The van der Waals surface area contributed by atoms with E-state index in [1.54, 1.807) is 0 Å². The average Bonchev–Trinajstić information content (AvgIpc) is 2.84. The molecule has 0 bridgehead atoms. The van der Waals surface area contributed by atoms with Gasteiger partial charge in [0.05, 0.1) is 6.20 Å². The van der Waals surface area contributed by atoms with Crippen molar-refractivity contribution in [2.45, 2.75) is 37.8 Å². The molecule has 0 aromatic carbocycles. The molecule has 1 aliphatic rings. The predicted molar refractivity (Wildman–Crippen MR) is 51.5 cm³/mol. The zero-order chi connectivity index (χ0) is 10.1. The van der Waals surface area contributed by atoms with Crippen molar-refractivity contribution in [3.63, 3.8) is 0 Å². The molecular weight excluding hydrogens is 223 g/mol. The average molecular weight is 236 g/mol. The number of rotatable bonds is 4. The van der Waals surface area contributed by atoms with Gasteiger partial charge in [0.1, 0.15) is 10.9 Å². The van der Waals surface area contributed by atoms with Gasteiger partial charge in [-0.2, -0.15) is 0 Å². The van der Waals surface area contributed by atoms with E-state index >= 15 is 0 Å². The molecule has 0 saturated heterocycles. The third-order valence-corrected chi connectivity index (χ3v) is 3.19. The van der Waals surface area contributed by atoms with Crippen LogP contribution in [0.15, 0.2) is 11.2 Å². The quantitative estimate of drug-likeness (QED) is 0.453. The Balaban J connectivity index is 0.00000112. The first kappa shape index (κ1) is 13.4. The molecule has 6 heteroatoms. The fraction of sp³-hybridized carbons (Fsp3) is 0.667. The number of hydrogen-bond acceptors (Lipinski definition) is 3. The van der Waals surface area contributed by atoms with Gasteiger partial charge in [0.25, 0.3) is 0 Å². The minimum absolute atomic E-state index is 0. The number of nitrogens with zero attached hydrogens (tertiary/aromatic N) is 2. The summed E-state index contributed by atoms with van der Waals surface area (Å²) in [5.74, 6) is 1.54. The van der Waals surface area contributed by atoms with Crippen LogP contribution < -0.4 is 29.6 Å². The SMILES string of the molecule is CCc1ncc(S(=O)[O-])n1CC1CC1.[Na+]. The Bertz CT molecular complexity index is 363. The van der Waals surface area contributed by atoms with Gasteiger partial charge < -0.3 is 9.12 Å². The van der Waals surface area contributed by atoms with Gasteiger partial charge in [-0.1, -0.05) is 6.92 Å². The van der Waals surface area contributed by atoms with Gasteiger partial charge in [-0.3, -0.25) is 4.21 Å². The van der Waals surface area contributed by atoms with E-state index in [-0.39, 0.29) is 29.6 Å². The molecule has 1 heterocycles. The van der Waals surface area contributed by atoms with Crippen molar-refractivity contribution < 1.29 is 38.3 Å². The van der Waals surface area contributed by atoms with Crippen molar-refractivity contribution in [1.29, 1.82) is 0 Å². The minimum atomic E-state index is -2.16. The molecule has 15 heavy (non-hydrogen) atoms. The summed E-state index contributed by atoms with van der Waals surface area (Å²) in [7, 11) is 0. The second-order valence-corrected chi connectivity index (χ2v) is 4.54. The first-order valence-electron chi connectivity index (χ1n) is 4.86. The zero-order valence-electron chi connectivity index (χ0n) is 9.10. The molecule has 78 valence electrons. The largest absolute Gasteiger partial charge is 1.00 e. The Hall–Kier alpha value is 0.320. The van der Waals surface area contributed by atoms with Crippen molar-refractivity contribution in [2.75, 3.05) is 0 Å². The minimum Gasteiger partial charge on any atom is -0.767 e. The molecule has 1 fully saturated rings. The number of aromatic nitrogens is 2. The molecule has 0 aliphatic heterocycles. The van der Waals surface area contributed by atoms with Crippen molar-refractivity contribution in [1.82, 2.24) is 9.55 Å². The van der Waals surface area contributed by atoms with Crippen LogP contribution >= 0.6 is 0 Å². The molecule has 1 aromatic rings. The number of hydrogen-bond donors (Lipinski definition) is 0. The van der Waals surface area contributed by atoms with Crippen LogP contribution in [0.2, 0.25) is 0 Å².